The van der Waals surface area contributed by atoms with E-state index in [9.17, 15) is 33.6 Å². The average Bonchev–Trinajstić information content (AvgIpc) is 2.98. The van der Waals surface area contributed by atoms with Gasteiger partial charge in [0.1, 0.15) is 24.7 Å². The first-order chi connectivity index (χ1) is 19.6. The second-order valence-corrected chi connectivity index (χ2v) is 12.5. The molecule has 0 aliphatic carbocycles. The van der Waals surface area contributed by atoms with E-state index in [0.717, 1.165) is 69.9 Å². The highest BCUT2D eigenvalue weighted by Crippen LogP contribution is 2.21. The quantitative estimate of drug-likeness (QED) is 0.0266. The summed E-state index contributed by atoms with van der Waals surface area (Å²) in [4.78, 5) is 83.9. The van der Waals surface area contributed by atoms with Crippen LogP contribution in [0.3, 0.4) is 0 Å². The van der Waals surface area contributed by atoms with Gasteiger partial charge in [-0.05, 0) is 22.0 Å². The molecule has 41 heavy (non-hydrogen) atoms. The minimum absolute atomic E-state index is 0.00553. The molecule has 0 aromatic carbocycles. The highest BCUT2D eigenvalue weighted by molar-refractivity contribution is 8.76. The molecule has 4 N–H and O–H groups in total. The van der Waals surface area contributed by atoms with Crippen LogP contribution < -0.4 is 25.5 Å². The lowest BCUT2D eigenvalue weighted by Crippen LogP contribution is -2.44. The monoisotopic (exact) mass is 688 g/mol. The number of carbonyl (C=O) groups excluding carboxylic acids is 6. The first-order valence-electron chi connectivity index (χ1n) is 11.3. The number of rotatable bonds is 20. The van der Waals surface area contributed by atoms with Crippen molar-refractivity contribution >= 4 is 105 Å². The molecule has 0 aliphatic rings. The van der Waals surface area contributed by atoms with E-state index in [2.05, 4.69) is 45.3 Å². The molecule has 1 rings (SSSR count). The normalized spacial score (nSPS) is 13.7. The van der Waals surface area contributed by atoms with Crippen LogP contribution in [0, 0.1) is 0 Å². The maximum absolute atomic E-state index is 12.8. The maximum Gasteiger partial charge on any atom is 0.329 e. The van der Waals surface area contributed by atoms with Crippen molar-refractivity contribution in [2.75, 3.05) is 37.2 Å². The zero-order valence-corrected chi connectivity index (χ0v) is 26.6. The van der Waals surface area contributed by atoms with E-state index in [1.807, 2.05) is 0 Å². The molecule has 0 aliphatic heterocycles. The number of carbonyl (C=O) groups is 6. The van der Waals surface area contributed by atoms with Crippen LogP contribution in [0.4, 0.5) is 0 Å². The molecule has 228 valence electrons. The van der Waals surface area contributed by atoms with Crippen molar-refractivity contribution in [3.63, 3.8) is 0 Å². The molecule has 20 heteroatoms. The first-order valence-corrected chi connectivity index (χ1v) is 17.2. The summed E-state index contributed by atoms with van der Waals surface area (Å²) < 4.78 is 20.3. The molecule has 0 radical (unpaired) electrons. The Morgan fingerprint density at radius 3 is 1.54 bits per heavy atom. The van der Waals surface area contributed by atoms with Crippen LogP contribution in [0.1, 0.15) is 21.1 Å². The number of nitrogens with one attached hydrogen (secondary N) is 4. The van der Waals surface area contributed by atoms with Crippen molar-refractivity contribution in [2.24, 2.45) is 0 Å². The SMILES string of the molecule is COC(=O)C(CSSN[C@H](C=O)CS)NC(=O)c1cc(=O)cc(C(=O)NC(CSSN[C@H](C=O)CS)C(=O)OC)o1. The standard InChI is InChI=1S/C21H28N4O10S6/c1-33-20(31)14(9-38-40-24-11(5-26)7-36)22-18(29)16-3-13(28)4-17(35-16)19(30)23-15(21(32)34-2)10-39-41-25-12(6-27)8-37/h3-6,11-12,14-15,24-25,36-37H,7-10H2,1-2H3,(H,22,29)(H,23,30)/t11-,12-,14?,15?/m1/s1. The van der Waals surface area contributed by atoms with Crippen LogP contribution in [0.15, 0.2) is 21.3 Å². The minimum Gasteiger partial charge on any atom is -0.467 e. The van der Waals surface area contributed by atoms with Crippen LogP contribution in [0.5, 0.6) is 0 Å². The number of esters is 2. The van der Waals surface area contributed by atoms with E-state index in [-0.39, 0.29) is 23.0 Å². The van der Waals surface area contributed by atoms with Crippen LogP contribution in [-0.2, 0) is 28.7 Å². The molecule has 4 atom stereocenters. The van der Waals surface area contributed by atoms with E-state index < -0.39 is 64.9 Å². The van der Waals surface area contributed by atoms with Gasteiger partial charge in [0.2, 0.25) is 0 Å². The molecule has 1 aromatic rings. The molecule has 0 bridgehead atoms. The Morgan fingerprint density at radius 2 is 1.22 bits per heavy atom. The van der Waals surface area contributed by atoms with Crippen molar-refractivity contribution in [1.82, 2.24) is 20.1 Å². The van der Waals surface area contributed by atoms with Crippen molar-refractivity contribution in [2.45, 2.75) is 24.2 Å². The summed E-state index contributed by atoms with van der Waals surface area (Å²) >= 11 is 8.03. The van der Waals surface area contributed by atoms with Crippen LogP contribution in [0.2, 0.25) is 0 Å². The summed E-state index contributed by atoms with van der Waals surface area (Å²) in [6.07, 6.45) is 1.34. The average molecular weight is 689 g/mol. The van der Waals surface area contributed by atoms with Crippen molar-refractivity contribution in [3.05, 3.63) is 33.9 Å². The molecule has 14 nitrogen and oxygen atoms in total. The van der Waals surface area contributed by atoms with Crippen molar-refractivity contribution in [3.8, 4) is 0 Å². The Bertz CT molecular complexity index is 1030. The van der Waals surface area contributed by atoms with Gasteiger partial charge in [-0.3, -0.25) is 14.4 Å². The third-order valence-corrected chi connectivity index (χ3v) is 9.36. The van der Waals surface area contributed by atoms with E-state index in [0.29, 0.717) is 12.6 Å². The Morgan fingerprint density at radius 1 is 0.829 bits per heavy atom. The molecule has 0 spiro atoms. The van der Waals surface area contributed by atoms with Gasteiger partial charge in [-0.15, -0.1) is 0 Å². The number of methoxy groups -OCH3 is 2. The number of aldehydes is 2. The molecular weight excluding hydrogens is 661 g/mol. The Hall–Kier alpha value is -1.81. The molecule has 2 amide bonds. The van der Waals surface area contributed by atoms with Crippen molar-refractivity contribution < 1.29 is 42.7 Å². The van der Waals surface area contributed by atoms with Gasteiger partial charge in [-0.25, -0.2) is 19.0 Å². The Kier molecular flexibility index (Phi) is 19.0. The summed E-state index contributed by atoms with van der Waals surface area (Å²) in [5.41, 5.74) is -0.752. The number of amides is 2. The Balaban J connectivity index is 2.92. The largest absolute Gasteiger partial charge is 0.467 e. The molecule has 0 saturated heterocycles. The summed E-state index contributed by atoms with van der Waals surface area (Å²) in [6, 6.07) is -1.74. The van der Waals surface area contributed by atoms with Crippen LogP contribution >= 0.6 is 68.8 Å². The molecule has 1 heterocycles. The van der Waals surface area contributed by atoms with E-state index in [4.69, 9.17) is 13.9 Å². The van der Waals surface area contributed by atoms with Gasteiger partial charge >= 0.3 is 11.9 Å². The van der Waals surface area contributed by atoms with Gasteiger partial charge in [-0.2, -0.15) is 25.3 Å². The second kappa shape index (κ2) is 21.0. The lowest BCUT2D eigenvalue weighted by Gasteiger charge is -2.17. The van der Waals surface area contributed by atoms with Crippen molar-refractivity contribution in [1.29, 1.82) is 0 Å². The summed E-state index contributed by atoms with van der Waals surface area (Å²) in [7, 11) is 6.56. The fraction of sp³-hybridized carbons (Fsp3) is 0.476. The fourth-order valence-electron chi connectivity index (χ4n) is 2.39. The van der Waals surface area contributed by atoms with Crippen LogP contribution in [-0.4, -0.2) is 97.7 Å². The number of hydrogen-bond donors (Lipinski definition) is 6. The predicted octanol–water partition coefficient (Wildman–Crippen LogP) is -0.0508. The summed E-state index contributed by atoms with van der Waals surface area (Å²) in [5.74, 6) is -4.16. The lowest BCUT2D eigenvalue weighted by molar-refractivity contribution is -0.143. The van der Waals surface area contributed by atoms with Crippen LogP contribution in [0.25, 0.3) is 0 Å². The highest BCUT2D eigenvalue weighted by Gasteiger charge is 2.27. The van der Waals surface area contributed by atoms with Gasteiger partial charge in [0.25, 0.3) is 11.8 Å². The number of hydrogen-bond acceptors (Lipinski definition) is 18. The van der Waals surface area contributed by atoms with E-state index in [1.165, 1.54) is 0 Å². The molecule has 1 aromatic heterocycles. The second-order valence-electron chi connectivity index (χ2n) is 7.44. The number of ether oxygens (including phenoxy) is 2. The first kappa shape index (κ1) is 37.2. The summed E-state index contributed by atoms with van der Waals surface area (Å²) in [6.45, 7) is 0. The molecule has 0 fully saturated rings. The minimum atomic E-state index is -1.17. The number of thiol groups is 2. The van der Waals surface area contributed by atoms with E-state index in [1.54, 1.807) is 0 Å². The molecular formula is C21H28N4O10S6. The maximum atomic E-state index is 12.8. The van der Waals surface area contributed by atoms with Gasteiger partial charge < -0.3 is 34.1 Å². The Labute approximate surface area is 262 Å². The lowest BCUT2D eigenvalue weighted by atomic mass is 10.2. The third-order valence-electron chi connectivity index (χ3n) is 4.50. The predicted molar refractivity (Wildman–Crippen MR) is 165 cm³/mol. The van der Waals surface area contributed by atoms with Gasteiger partial charge in [0.15, 0.2) is 16.9 Å². The topological polar surface area (TPSA) is 199 Å². The smallest absolute Gasteiger partial charge is 0.329 e. The zero-order chi connectivity index (χ0) is 30.8. The molecule has 0 saturated carbocycles. The van der Waals surface area contributed by atoms with Gasteiger partial charge in [-0.1, -0.05) is 21.6 Å². The van der Waals surface area contributed by atoms with Gasteiger partial charge in [0, 0.05) is 35.1 Å². The van der Waals surface area contributed by atoms with Gasteiger partial charge in [0.05, 0.1) is 26.3 Å². The zero-order valence-electron chi connectivity index (χ0n) is 21.6. The highest BCUT2D eigenvalue weighted by atomic mass is 33.1. The molecule has 2 unspecified atom stereocenters. The fourth-order valence-corrected chi connectivity index (χ4v) is 6.88. The third kappa shape index (κ3) is 13.8. The van der Waals surface area contributed by atoms with E-state index >= 15 is 0 Å². The summed E-state index contributed by atoms with van der Waals surface area (Å²) in [5, 5.41) is 4.75.